The van der Waals surface area contributed by atoms with Crippen LogP contribution in [-0.4, -0.2) is 30.3 Å². The van der Waals surface area contributed by atoms with Crippen LogP contribution in [0.25, 0.3) is 0 Å². The highest BCUT2D eigenvalue weighted by atomic mass is 32.1. The summed E-state index contributed by atoms with van der Waals surface area (Å²) in [4.78, 5) is 16.4. The van der Waals surface area contributed by atoms with Gasteiger partial charge >= 0.3 is 0 Å². The fraction of sp³-hybridized carbons (Fsp3) is 0.556. The lowest BCUT2D eigenvalue weighted by atomic mass is 10.2. The van der Waals surface area contributed by atoms with E-state index in [0.29, 0.717) is 26.1 Å². The highest BCUT2D eigenvalue weighted by molar-refractivity contribution is 7.09. The van der Waals surface area contributed by atoms with E-state index >= 15 is 0 Å². The number of carbonyl (C=O) groups excluding carboxylic acids is 1. The van der Waals surface area contributed by atoms with Crippen molar-refractivity contribution in [2.24, 2.45) is 0 Å². The molecule has 2 rings (SSSR count). The molecule has 0 saturated carbocycles. The molecule has 0 unspecified atom stereocenters. The van der Waals surface area contributed by atoms with Gasteiger partial charge in [0.2, 0.25) is 0 Å². The summed E-state index contributed by atoms with van der Waals surface area (Å²) in [5.74, 6) is 0.140. The van der Waals surface area contributed by atoms with Crippen LogP contribution in [0.3, 0.4) is 0 Å². The largest absolute Gasteiger partial charge is 0.350 e. The molecule has 5 heteroatoms. The summed E-state index contributed by atoms with van der Waals surface area (Å²) in [5.41, 5.74) is 1.73. The number of Topliss-reactive ketones (excluding diaryl/α,β-unsaturated/α-hetero) is 1. The van der Waals surface area contributed by atoms with E-state index in [1.54, 1.807) is 11.7 Å². The molecule has 0 spiro atoms. The minimum Gasteiger partial charge on any atom is -0.350 e. The van der Waals surface area contributed by atoms with Crippen molar-refractivity contribution in [3.05, 3.63) is 16.6 Å². The first-order valence-electron chi connectivity index (χ1n) is 4.47. The zero-order valence-corrected chi connectivity index (χ0v) is 8.46. The highest BCUT2D eigenvalue weighted by Crippen LogP contribution is 2.12. The minimum absolute atomic E-state index is 0.140. The van der Waals surface area contributed by atoms with Gasteiger partial charge in [0.05, 0.1) is 25.1 Å². The van der Waals surface area contributed by atoms with Gasteiger partial charge in [-0.05, 0) is 0 Å². The Kier molecular flexibility index (Phi) is 3.23. The smallest absolute Gasteiger partial charge is 0.164 e. The molecular formula is C9H11NO3S. The van der Waals surface area contributed by atoms with Crippen LogP contribution in [0.2, 0.25) is 0 Å². The fourth-order valence-electron chi connectivity index (χ4n) is 1.31. The first kappa shape index (κ1) is 9.76. The minimum atomic E-state index is -0.324. The van der Waals surface area contributed by atoms with Crippen LogP contribution >= 0.6 is 11.3 Å². The Balaban J connectivity index is 1.78. The Hall–Kier alpha value is -0.780. The normalized spacial score (nSPS) is 17.4. The standard InChI is InChI=1S/C9H11NO3S/c11-7(3-8-5-10-6-14-8)4-9-12-1-2-13-9/h5-6,9H,1-4H2. The zero-order valence-electron chi connectivity index (χ0n) is 7.64. The van der Waals surface area contributed by atoms with Crippen molar-refractivity contribution in [1.82, 2.24) is 4.98 Å². The number of hydrogen-bond acceptors (Lipinski definition) is 5. The molecule has 76 valence electrons. The van der Waals surface area contributed by atoms with Crippen molar-refractivity contribution in [2.75, 3.05) is 13.2 Å². The number of thiazole rings is 1. The van der Waals surface area contributed by atoms with Gasteiger partial charge < -0.3 is 9.47 Å². The van der Waals surface area contributed by atoms with Crippen molar-refractivity contribution in [2.45, 2.75) is 19.1 Å². The molecule has 0 aliphatic carbocycles. The average molecular weight is 213 g/mol. The molecule has 1 saturated heterocycles. The van der Waals surface area contributed by atoms with Crippen molar-refractivity contribution in [3.8, 4) is 0 Å². The van der Waals surface area contributed by atoms with Crippen molar-refractivity contribution in [1.29, 1.82) is 0 Å². The van der Waals surface area contributed by atoms with Crippen molar-refractivity contribution in [3.63, 3.8) is 0 Å². The van der Waals surface area contributed by atoms with E-state index in [9.17, 15) is 4.79 Å². The van der Waals surface area contributed by atoms with Gasteiger partial charge in [-0.3, -0.25) is 9.78 Å². The lowest BCUT2D eigenvalue weighted by Crippen LogP contribution is -2.15. The fourth-order valence-corrected chi connectivity index (χ4v) is 1.93. The molecule has 0 radical (unpaired) electrons. The summed E-state index contributed by atoms with van der Waals surface area (Å²) in [6.07, 6.45) is 2.18. The van der Waals surface area contributed by atoms with E-state index in [-0.39, 0.29) is 12.1 Å². The highest BCUT2D eigenvalue weighted by Gasteiger charge is 2.19. The summed E-state index contributed by atoms with van der Waals surface area (Å²) in [7, 11) is 0. The van der Waals surface area contributed by atoms with Gasteiger partial charge in [-0.1, -0.05) is 0 Å². The van der Waals surface area contributed by atoms with Crippen LogP contribution in [-0.2, 0) is 20.7 Å². The summed E-state index contributed by atoms with van der Waals surface area (Å²) >= 11 is 1.50. The average Bonchev–Trinajstić information content (AvgIpc) is 2.76. The Morgan fingerprint density at radius 3 is 3.00 bits per heavy atom. The molecule has 14 heavy (non-hydrogen) atoms. The monoisotopic (exact) mass is 213 g/mol. The number of ketones is 1. The van der Waals surface area contributed by atoms with Crippen LogP contribution < -0.4 is 0 Å². The lowest BCUT2D eigenvalue weighted by Gasteiger charge is -2.06. The predicted octanol–water partition coefficient (Wildman–Crippen LogP) is 1.02. The molecule has 2 heterocycles. The number of hydrogen-bond donors (Lipinski definition) is 0. The quantitative estimate of drug-likeness (QED) is 0.749. The number of ether oxygens (including phenoxy) is 2. The summed E-state index contributed by atoms with van der Waals surface area (Å²) < 4.78 is 10.4. The van der Waals surface area contributed by atoms with Gasteiger partial charge in [0.15, 0.2) is 6.29 Å². The van der Waals surface area contributed by atoms with Gasteiger partial charge in [0.1, 0.15) is 5.78 Å². The van der Waals surface area contributed by atoms with Crippen LogP contribution in [0.15, 0.2) is 11.7 Å². The second kappa shape index (κ2) is 4.63. The van der Waals surface area contributed by atoms with Crippen LogP contribution in [0.4, 0.5) is 0 Å². The number of rotatable bonds is 4. The van der Waals surface area contributed by atoms with E-state index < -0.39 is 0 Å². The summed E-state index contributed by atoms with van der Waals surface area (Å²) in [5, 5.41) is 0. The topological polar surface area (TPSA) is 48.4 Å². The first-order chi connectivity index (χ1) is 6.84. The number of carbonyl (C=O) groups is 1. The lowest BCUT2D eigenvalue weighted by molar-refractivity contribution is -0.126. The molecular weight excluding hydrogens is 202 g/mol. The summed E-state index contributed by atoms with van der Waals surface area (Å²) in [6, 6.07) is 0. The van der Waals surface area contributed by atoms with Crippen LogP contribution in [0.1, 0.15) is 11.3 Å². The maximum Gasteiger partial charge on any atom is 0.164 e. The Labute approximate surface area is 85.9 Å². The first-order valence-corrected chi connectivity index (χ1v) is 5.35. The Morgan fingerprint density at radius 2 is 2.36 bits per heavy atom. The third-order valence-corrected chi connectivity index (χ3v) is 2.72. The second-order valence-electron chi connectivity index (χ2n) is 3.06. The molecule has 1 aromatic heterocycles. The van der Waals surface area contributed by atoms with Gasteiger partial charge in [-0.15, -0.1) is 11.3 Å². The van der Waals surface area contributed by atoms with Gasteiger partial charge in [0.25, 0.3) is 0 Å². The van der Waals surface area contributed by atoms with E-state index in [4.69, 9.17) is 9.47 Å². The van der Waals surface area contributed by atoms with Gasteiger partial charge in [0, 0.05) is 17.5 Å². The van der Waals surface area contributed by atoms with Gasteiger partial charge in [-0.2, -0.15) is 0 Å². The van der Waals surface area contributed by atoms with Gasteiger partial charge in [-0.25, -0.2) is 0 Å². The maximum atomic E-state index is 11.5. The van der Waals surface area contributed by atoms with E-state index in [1.807, 2.05) is 0 Å². The molecule has 4 nitrogen and oxygen atoms in total. The Bertz CT molecular complexity index is 293. The van der Waals surface area contributed by atoms with E-state index in [2.05, 4.69) is 4.98 Å². The number of nitrogens with zero attached hydrogens (tertiary/aromatic N) is 1. The summed E-state index contributed by atoms with van der Waals surface area (Å²) in [6.45, 7) is 1.19. The van der Waals surface area contributed by atoms with Crippen LogP contribution in [0, 0.1) is 0 Å². The molecule has 0 N–H and O–H groups in total. The molecule has 0 atom stereocenters. The van der Waals surface area contributed by atoms with Crippen molar-refractivity contribution < 1.29 is 14.3 Å². The molecule has 0 bridgehead atoms. The number of aromatic nitrogens is 1. The Morgan fingerprint density at radius 1 is 1.57 bits per heavy atom. The van der Waals surface area contributed by atoms with E-state index in [0.717, 1.165) is 4.88 Å². The van der Waals surface area contributed by atoms with Crippen LogP contribution in [0.5, 0.6) is 0 Å². The SMILES string of the molecule is O=C(Cc1cncs1)CC1OCCO1. The molecule has 1 aliphatic rings. The predicted molar refractivity (Wildman–Crippen MR) is 51.1 cm³/mol. The molecule has 1 fully saturated rings. The second-order valence-corrected chi connectivity index (χ2v) is 4.03. The molecule has 1 aromatic rings. The third-order valence-electron chi connectivity index (χ3n) is 1.94. The maximum absolute atomic E-state index is 11.5. The molecule has 0 aromatic carbocycles. The van der Waals surface area contributed by atoms with Crippen molar-refractivity contribution >= 4 is 17.1 Å². The molecule has 1 aliphatic heterocycles. The zero-order chi connectivity index (χ0) is 9.80. The molecule has 0 amide bonds. The third kappa shape index (κ3) is 2.60. The van der Waals surface area contributed by atoms with E-state index in [1.165, 1.54) is 11.3 Å².